The summed E-state index contributed by atoms with van der Waals surface area (Å²) in [6, 6.07) is 0. The SMILES string of the molecule is CC(C(=O)C1CC1)C(=O)C(C)(F)F. The first-order valence-electron chi connectivity index (χ1n) is 4.30. The van der Waals surface area contributed by atoms with Gasteiger partial charge in [0.05, 0.1) is 5.92 Å². The Morgan fingerprint density at radius 1 is 1.38 bits per heavy atom. The Labute approximate surface area is 75.3 Å². The number of carbonyl (C=O) groups excluding carboxylic acids is 2. The smallest absolute Gasteiger partial charge is 0.299 e. The Bertz CT molecular complexity index is 238. The van der Waals surface area contributed by atoms with E-state index >= 15 is 0 Å². The first-order valence-corrected chi connectivity index (χ1v) is 4.30. The van der Waals surface area contributed by atoms with Crippen LogP contribution in [-0.4, -0.2) is 17.5 Å². The summed E-state index contributed by atoms with van der Waals surface area (Å²) >= 11 is 0. The Kier molecular flexibility index (Phi) is 2.50. The molecule has 13 heavy (non-hydrogen) atoms. The molecule has 1 atom stereocenters. The van der Waals surface area contributed by atoms with Crippen molar-refractivity contribution < 1.29 is 18.4 Å². The predicted octanol–water partition coefficient (Wildman–Crippen LogP) is 1.83. The molecule has 0 aromatic carbocycles. The fourth-order valence-electron chi connectivity index (χ4n) is 1.23. The van der Waals surface area contributed by atoms with Crippen molar-refractivity contribution in [2.75, 3.05) is 0 Å². The zero-order chi connectivity index (χ0) is 10.2. The summed E-state index contributed by atoms with van der Waals surface area (Å²) in [5.41, 5.74) is 0. The molecular formula is C9H12F2O2. The van der Waals surface area contributed by atoms with Crippen molar-refractivity contribution in [2.45, 2.75) is 32.6 Å². The van der Waals surface area contributed by atoms with Crippen LogP contribution in [-0.2, 0) is 9.59 Å². The van der Waals surface area contributed by atoms with Crippen molar-refractivity contribution in [2.24, 2.45) is 11.8 Å². The van der Waals surface area contributed by atoms with Gasteiger partial charge in [-0.25, -0.2) is 0 Å². The molecule has 0 radical (unpaired) electrons. The monoisotopic (exact) mass is 190 g/mol. The van der Waals surface area contributed by atoms with Crippen molar-refractivity contribution in [1.29, 1.82) is 0 Å². The number of carbonyl (C=O) groups is 2. The van der Waals surface area contributed by atoms with Crippen LogP contribution in [0.25, 0.3) is 0 Å². The van der Waals surface area contributed by atoms with Gasteiger partial charge in [-0.15, -0.1) is 0 Å². The molecule has 0 amide bonds. The zero-order valence-corrected chi connectivity index (χ0v) is 7.64. The summed E-state index contributed by atoms with van der Waals surface area (Å²) in [7, 11) is 0. The van der Waals surface area contributed by atoms with E-state index in [1.807, 2.05) is 0 Å². The minimum atomic E-state index is -3.38. The van der Waals surface area contributed by atoms with Crippen LogP contribution >= 0.6 is 0 Å². The van der Waals surface area contributed by atoms with Gasteiger partial charge in [0.25, 0.3) is 0 Å². The van der Waals surface area contributed by atoms with Crippen LogP contribution in [0, 0.1) is 11.8 Å². The van der Waals surface area contributed by atoms with Crippen molar-refractivity contribution >= 4 is 11.6 Å². The van der Waals surface area contributed by atoms with E-state index in [0.29, 0.717) is 6.92 Å². The molecule has 0 heterocycles. The molecule has 0 aromatic rings. The summed E-state index contributed by atoms with van der Waals surface area (Å²) in [5.74, 6) is -6.26. The van der Waals surface area contributed by atoms with Crippen LogP contribution in [0.3, 0.4) is 0 Å². The summed E-state index contributed by atoms with van der Waals surface area (Å²) in [6.07, 6.45) is 1.48. The molecule has 74 valence electrons. The highest BCUT2D eigenvalue weighted by atomic mass is 19.3. The second-order valence-corrected chi connectivity index (χ2v) is 3.65. The first-order chi connectivity index (χ1) is 5.84. The summed E-state index contributed by atoms with van der Waals surface area (Å²) in [5, 5.41) is 0. The lowest BCUT2D eigenvalue weighted by Crippen LogP contribution is -2.35. The van der Waals surface area contributed by atoms with E-state index in [0.717, 1.165) is 12.8 Å². The minimum Gasteiger partial charge on any atom is -0.299 e. The molecule has 0 aromatic heterocycles. The summed E-state index contributed by atoms with van der Waals surface area (Å²) in [6.45, 7) is 1.80. The Morgan fingerprint density at radius 2 is 1.85 bits per heavy atom. The van der Waals surface area contributed by atoms with Gasteiger partial charge in [-0.05, 0) is 19.8 Å². The zero-order valence-electron chi connectivity index (χ0n) is 7.64. The first kappa shape index (κ1) is 10.3. The van der Waals surface area contributed by atoms with Crippen molar-refractivity contribution in [1.82, 2.24) is 0 Å². The summed E-state index contributed by atoms with van der Waals surface area (Å²) < 4.78 is 25.0. The third kappa shape index (κ3) is 2.32. The predicted molar refractivity (Wildman–Crippen MR) is 42.5 cm³/mol. The molecule has 0 aliphatic heterocycles. The highest BCUT2D eigenvalue weighted by Gasteiger charge is 2.43. The van der Waals surface area contributed by atoms with E-state index in [1.54, 1.807) is 0 Å². The Balaban J connectivity index is 2.61. The van der Waals surface area contributed by atoms with E-state index in [2.05, 4.69) is 0 Å². The van der Waals surface area contributed by atoms with Gasteiger partial charge in [0.15, 0.2) is 0 Å². The number of halogens is 2. The summed E-state index contributed by atoms with van der Waals surface area (Å²) in [4.78, 5) is 22.2. The van der Waals surface area contributed by atoms with Gasteiger partial charge >= 0.3 is 5.92 Å². The molecule has 1 fully saturated rings. The third-order valence-electron chi connectivity index (χ3n) is 2.23. The Morgan fingerprint density at radius 3 is 2.15 bits per heavy atom. The molecule has 1 unspecified atom stereocenters. The quantitative estimate of drug-likeness (QED) is 0.634. The lowest BCUT2D eigenvalue weighted by molar-refractivity contribution is -0.148. The largest absolute Gasteiger partial charge is 0.303 e. The number of Topliss-reactive ketones (excluding diaryl/α,β-unsaturated/α-hetero) is 2. The molecule has 0 spiro atoms. The molecular weight excluding hydrogens is 178 g/mol. The van der Waals surface area contributed by atoms with Gasteiger partial charge in [0.1, 0.15) is 5.78 Å². The fourth-order valence-corrected chi connectivity index (χ4v) is 1.23. The highest BCUT2D eigenvalue weighted by molar-refractivity contribution is 6.06. The third-order valence-corrected chi connectivity index (χ3v) is 2.23. The van der Waals surface area contributed by atoms with Crippen LogP contribution in [0.1, 0.15) is 26.7 Å². The normalized spacial score (nSPS) is 19.7. The lowest BCUT2D eigenvalue weighted by atomic mass is 9.95. The van der Waals surface area contributed by atoms with Crippen LogP contribution in [0.15, 0.2) is 0 Å². The van der Waals surface area contributed by atoms with Gasteiger partial charge in [0, 0.05) is 12.8 Å². The van der Waals surface area contributed by atoms with Gasteiger partial charge in [-0.2, -0.15) is 8.78 Å². The van der Waals surface area contributed by atoms with Crippen LogP contribution in [0.2, 0.25) is 0 Å². The number of ketones is 2. The maximum Gasteiger partial charge on any atom is 0.303 e. The minimum absolute atomic E-state index is 0.138. The fraction of sp³-hybridized carbons (Fsp3) is 0.778. The van der Waals surface area contributed by atoms with Crippen molar-refractivity contribution in [3.05, 3.63) is 0 Å². The van der Waals surface area contributed by atoms with E-state index in [-0.39, 0.29) is 11.7 Å². The van der Waals surface area contributed by atoms with Gasteiger partial charge in [0.2, 0.25) is 5.78 Å². The molecule has 0 N–H and O–H groups in total. The van der Waals surface area contributed by atoms with E-state index in [1.165, 1.54) is 6.92 Å². The second-order valence-electron chi connectivity index (χ2n) is 3.65. The average Bonchev–Trinajstić information content (AvgIpc) is 2.81. The van der Waals surface area contributed by atoms with Gasteiger partial charge < -0.3 is 0 Å². The number of hydrogen-bond acceptors (Lipinski definition) is 2. The van der Waals surface area contributed by atoms with Gasteiger partial charge in [-0.3, -0.25) is 9.59 Å². The standard InChI is InChI=1S/C9H12F2O2/c1-5(7(12)6-3-4-6)8(13)9(2,10)11/h5-6H,3-4H2,1-2H3. The van der Waals surface area contributed by atoms with Crippen molar-refractivity contribution in [3.8, 4) is 0 Å². The molecule has 4 heteroatoms. The van der Waals surface area contributed by atoms with Crippen LogP contribution in [0.5, 0.6) is 0 Å². The maximum atomic E-state index is 12.5. The molecule has 0 saturated heterocycles. The van der Waals surface area contributed by atoms with Gasteiger partial charge in [-0.1, -0.05) is 0 Å². The highest BCUT2D eigenvalue weighted by Crippen LogP contribution is 2.34. The average molecular weight is 190 g/mol. The molecule has 1 saturated carbocycles. The molecule has 1 aliphatic rings. The molecule has 1 rings (SSSR count). The van der Waals surface area contributed by atoms with Crippen LogP contribution < -0.4 is 0 Å². The number of hydrogen-bond donors (Lipinski definition) is 0. The maximum absolute atomic E-state index is 12.5. The topological polar surface area (TPSA) is 34.1 Å². The number of rotatable bonds is 4. The van der Waals surface area contributed by atoms with E-state index in [4.69, 9.17) is 0 Å². The van der Waals surface area contributed by atoms with E-state index < -0.39 is 17.6 Å². The second kappa shape index (κ2) is 3.16. The molecule has 1 aliphatic carbocycles. The lowest BCUT2D eigenvalue weighted by Gasteiger charge is -2.13. The van der Waals surface area contributed by atoms with E-state index in [9.17, 15) is 18.4 Å². The number of alkyl halides is 2. The van der Waals surface area contributed by atoms with Crippen LogP contribution in [0.4, 0.5) is 8.78 Å². The Hall–Kier alpha value is -0.800. The molecule has 0 bridgehead atoms. The molecule has 2 nitrogen and oxygen atoms in total. The van der Waals surface area contributed by atoms with Crippen molar-refractivity contribution in [3.63, 3.8) is 0 Å².